The van der Waals surface area contributed by atoms with Crippen LogP contribution in [-0.4, -0.2) is 35.0 Å². The van der Waals surface area contributed by atoms with Crippen molar-refractivity contribution in [1.82, 2.24) is 15.3 Å². The predicted octanol–water partition coefficient (Wildman–Crippen LogP) is 2.18. The van der Waals surface area contributed by atoms with Crippen molar-refractivity contribution in [1.29, 1.82) is 0 Å². The molecule has 0 aliphatic heterocycles. The van der Waals surface area contributed by atoms with Gasteiger partial charge < -0.3 is 15.0 Å². The van der Waals surface area contributed by atoms with E-state index in [1.165, 1.54) is 0 Å². The molecule has 0 fully saturated rings. The number of aryl methyl sites for hydroxylation is 1. The summed E-state index contributed by atoms with van der Waals surface area (Å²) in [6.45, 7) is 6.02. The number of esters is 1. The lowest BCUT2D eigenvalue weighted by molar-refractivity contribution is 0.0525. The van der Waals surface area contributed by atoms with Crippen molar-refractivity contribution in [2.75, 3.05) is 13.2 Å². The number of rotatable bonds is 6. The number of H-pyrrole nitrogens is 1. The molecule has 0 atom stereocenters. The molecule has 0 aromatic carbocycles. The second kappa shape index (κ2) is 7.58. The zero-order chi connectivity index (χ0) is 16.8. The average Bonchev–Trinajstić information content (AvgIpc) is 2.83. The van der Waals surface area contributed by atoms with E-state index in [-0.39, 0.29) is 5.91 Å². The van der Waals surface area contributed by atoms with Crippen LogP contribution in [0.5, 0.6) is 0 Å². The van der Waals surface area contributed by atoms with Crippen molar-refractivity contribution in [3.63, 3.8) is 0 Å². The molecule has 122 valence electrons. The molecule has 2 rings (SSSR count). The van der Waals surface area contributed by atoms with Crippen molar-refractivity contribution in [2.24, 2.45) is 0 Å². The Kier molecular flexibility index (Phi) is 5.51. The van der Waals surface area contributed by atoms with Gasteiger partial charge in [-0.15, -0.1) is 0 Å². The number of ether oxygens (including phenoxy) is 1. The van der Waals surface area contributed by atoms with Gasteiger partial charge in [-0.25, -0.2) is 4.79 Å². The highest BCUT2D eigenvalue weighted by molar-refractivity contribution is 6.00. The lowest BCUT2D eigenvalue weighted by atomic mass is 10.1. The Hall–Kier alpha value is -2.63. The standard InChI is InChI=1S/C17H21N3O3/c1-4-23-17(22)14-11(2)15(20-12(14)3)16(21)19-10-8-13-7-5-6-9-18-13/h5-7,9,20H,4,8,10H2,1-3H3,(H,19,21). The summed E-state index contributed by atoms with van der Waals surface area (Å²) in [5, 5.41) is 2.84. The quantitative estimate of drug-likeness (QED) is 0.800. The van der Waals surface area contributed by atoms with Gasteiger partial charge in [0.05, 0.1) is 12.2 Å². The first-order valence-corrected chi connectivity index (χ1v) is 7.59. The molecule has 2 aromatic heterocycles. The minimum atomic E-state index is -0.411. The SMILES string of the molecule is CCOC(=O)c1c(C)[nH]c(C(=O)NCCc2ccccn2)c1C. The molecule has 2 aromatic rings. The Labute approximate surface area is 135 Å². The van der Waals surface area contributed by atoms with Crippen molar-refractivity contribution >= 4 is 11.9 Å². The number of amides is 1. The van der Waals surface area contributed by atoms with Crippen LogP contribution in [0.25, 0.3) is 0 Å². The van der Waals surface area contributed by atoms with Crippen LogP contribution < -0.4 is 5.32 Å². The molecule has 6 heteroatoms. The van der Waals surface area contributed by atoms with Crippen LogP contribution in [0.4, 0.5) is 0 Å². The Bertz CT molecular complexity index is 693. The van der Waals surface area contributed by atoms with Crippen LogP contribution in [0.1, 0.15) is 44.7 Å². The molecule has 0 saturated heterocycles. The second-order valence-corrected chi connectivity index (χ2v) is 5.17. The summed E-state index contributed by atoms with van der Waals surface area (Å²) >= 11 is 0. The molecule has 2 heterocycles. The van der Waals surface area contributed by atoms with E-state index < -0.39 is 5.97 Å². The number of carbonyl (C=O) groups is 2. The first-order chi connectivity index (χ1) is 11.0. The number of hydrogen-bond donors (Lipinski definition) is 2. The van der Waals surface area contributed by atoms with Gasteiger partial charge in [0.1, 0.15) is 5.69 Å². The largest absolute Gasteiger partial charge is 0.462 e. The van der Waals surface area contributed by atoms with Crippen LogP contribution in [0.3, 0.4) is 0 Å². The Morgan fingerprint density at radius 2 is 2.09 bits per heavy atom. The monoisotopic (exact) mass is 315 g/mol. The minimum Gasteiger partial charge on any atom is -0.462 e. The molecule has 0 radical (unpaired) electrons. The third-order valence-corrected chi connectivity index (χ3v) is 3.54. The Morgan fingerprint density at radius 1 is 1.30 bits per heavy atom. The van der Waals surface area contributed by atoms with Gasteiger partial charge in [0.2, 0.25) is 0 Å². The Morgan fingerprint density at radius 3 is 2.74 bits per heavy atom. The lowest BCUT2D eigenvalue weighted by Gasteiger charge is -2.05. The van der Waals surface area contributed by atoms with Gasteiger partial charge in [-0.3, -0.25) is 9.78 Å². The average molecular weight is 315 g/mol. The maximum atomic E-state index is 12.3. The molecule has 6 nitrogen and oxygen atoms in total. The van der Waals surface area contributed by atoms with Crippen LogP contribution in [0.2, 0.25) is 0 Å². The molecular weight excluding hydrogens is 294 g/mol. The highest BCUT2D eigenvalue weighted by Gasteiger charge is 2.22. The summed E-state index contributed by atoms with van der Waals surface area (Å²) in [7, 11) is 0. The van der Waals surface area contributed by atoms with Crippen molar-refractivity contribution in [3.05, 3.63) is 52.6 Å². The first kappa shape index (κ1) is 16.7. The van der Waals surface area contributed by atoms with Crippen LogP contribution in [-0.2, 0) is 11.2 Å². The summed E-state index contributed by atoms with van der Waals surface area (Å²) in [4.78, 5) is 31.4. The van der Waals surface area contributed by atoms with Crippen molar-refractivity contribution < 1.29 is 14.3 Å². The molecule has 0 unspecified atom stereocenters. The first-order valence-electron chi connectivity index (χ1n) is 7.59. The van der Waals surface area contributed by atoms with Gasteiger partial charge in [0.15, 0.2) is 0 Å². The van der Waals surface area contributed by atoms with Gasteiger partial charge in [0.25, 0.3) is 5.91 Å². The van der Waals surface area contributed by atoms with E-state index in [0.717, 1.165) is 5.69 Å². The number of pyridine rings is 1. The zero-order valence-electron chi connectivity index (χ0n) is 13.6. The Balaban J connectivity index is 2.02. The van der Waals surface area contributed by atoms with Gasteiger partial charge in [-0.1, -0.05) is 6.07 Å². The van der Waals surface area contributed by atoms with Gasteiger partial charge in [0, 0.05) is 30.6 Å². The summed E-state index contributed by atoms with van der Waals surface area (Å²) in [5.74, 6) is -0.650. The number of aromatic nitrogens is 2. The minimum absolute atomic E-state index is 0.239. The third-order valence-electron chi connectivity index (χ3n) is 3.54. The molecule has 2 N–H and O–H groups in total. The maximum absolute atomic E-state index is 12.3. The molecule has 0 aliphatic carbocycles. The summed E-state index contributed by atoms with van der Waals surface area (Å²) in [6.07, 6.45) is 2.37. The molecule has 0 aliphatic rings. The fourth-order valence-corrected chi connectivity index (χ4v) is 2.43. The molecule has 23 heavy (non-hydrogen) atoms. The molecule has 0 saturated carbocycles. The number of nitrogens with one attached hydrogen (secondary N) is 2. The van der Waals surface area contributed by atoms with E-state index in [1.807, 2.05) is 18.2 Å². The summed E-state index contributed by atoms with van der Waals surface area (Å²) in [5.41, 5.74) is 2.99. The molecular formula is C17H21N3O3. The van der Waals surface area contributed by atoms with Gasteiger partial charge in [-0.2, -0.15) is 0 Å². The fraction of sp³-hybridized carbons (Fsp3) is 0.353. The predicted molar refractivity (Wildman–Crippen MR) is 86.5 cm³/mol. The topological polar surface area (TPSA) is 84.1 Å². The van der Waals surface area contributed by atoms with Crippen LogP contribution >= 0.6 is 0 Å². The fourth-order valence-electron chi connectivity index (χ4n) is 2.43. The van der Waals surface area contributed by atoms with E-state index in [1.54, 1.807) is 27.0 Å². The van der Waals surface area contributed by atoms with E-state index in [9.17, 15) is 9.59 Å². The van der Waals surface area contributed by atoms with Crippen molar-refractivity contribution in [3.8, 4) is 0 Å². The van der Waals surface area contributed by atoms with E-state index >= 15 is 0 Å². The lowest BCUT2D eigenvalue weighted by Crippen LogP contribution is -2.27. The van der Waals surface area contributed by atoms with Gasteiger partial charge >= 0.3 is 5.97 Å². The summed E-state index contributed by atoms with van der Waals surface area (Å²) in [6, 6.07) is 5.67. The summed E-state index contributed by atoms with van der Waals surface area (Å²) < 4.78 is 5.02. The third kappa shape index (κ3) is 3.97. The number of aromatic amines is 1. The second-order valence-electron chi connectivity index (χ2n) is 5.17. The molecule has 1 amide bonds. The van der Waals surface area contributed by atoms with E-state index in [2.05, 4.69) is 15.3 Å². The maximum Gasteiger partial charge on any atom is 0.340 e. The van der Waals surface area contributed by atoms with E-state index in [0.29, 0.717) is 42.1 Å². The van der Waals surface area contributed by atoms with Crippen LogP contribution in [0.15, 0.2) is 24.4 Å². The highest BCUT2D eigenvalue weighted by Crippen LogP contribution is 2.19. The number of carbonyl (C=O) groups excluding carboxylic acids is 2. The zero-order valence-corrected chi connectivity index (χ0v) is 13.6. The van der Waals surface area contributed by atoms with Crippen LogP contribution in [0, 0.1) is 13.8 Å². The molecule has 0 bridgehead atoms. The van der Waals surface area contributed by atoms with Gasteiger partial charge in [-0.05, 0) is 38.5 Å². The highest BCUT2D eigenvalue weighted by atomic mass is 16.5. The van der Waals surface area contributed by atoms with Crippen molar-refractivity contribution in [2.45, 2.75) is 27.2 Å². The number of nitrogens with zero attached hydrogens (tertiary/aromatic N) is 1. The normalized spacial score (nSPS) is 10.4. The number of hydrogen-bond acceptors (Lipinski definition) is 4. The molecule has 0 spiro atoms. The smallest absolute Gasteiger partial charge is 0.340 e. The van der Waals surface area contributed by atoms with E-state index in [4.69, 9.17) is 4.74 Å².